The van der Waals surface area contributed by atoms with Crippen molar-refractivity contribution in [1.82, 2.24) is 5.32 Å². The van der Waals surface area contributed by atoms with Crippen LogP contribution in [0.4, 0.5) is 16.2 Å². The zero-order valence-electron chi connectivity index (χ0n) is 12.1. The van der Waals surface area contributed by atoms with Crippen LogP contribution in [0.1, 0.15) is 11.1 Å². The Morgan fingerprint density at radius 1 is 1.19 bits per heavy atom. The third-order valence-corrected chi connectivity index (χ3v) is 3.28. The van der Waals surface area contributed by atoms with Gasteiger partial charge in [0.25, 0.3) is 0 Å². The van der Waals surface area contributed by atoms with Crippen LogP contribution in [-0.4, -0.2) is 13.1 Å². The number of methoxy groups -OCH3 is 1. The van der Waals surface area contributed by atoms with Crippen LogP contribution in [-0.2, 0) is 6.54 Å². The first-order chi connectivity index (χ1) is 10.1. The lowest BCUT2D eigenvalue weighted by Crippen LogP contribution is -2.28. The highest BCUT2D eigenvalue weighted by atomic mass is 16.5. The predicted octanol–water partition coefficient (Wildman–Crippen LogP) is 2.91. The molecule has 0 saturated heterocycles. The van der Waals surface area contributed by atoms with Gasteiger partial charge in [-0.1, -0.05) is 12.1 Å². The smallest absolute Gasteiger partial charge is 0.319 e. The fraction of sp³-hybridized carbons (Fsp3) is 0.188. The van der Waals surface area contributed by atoms with Gasteiger partial charge in [-0.3, -0.25) is 0 Å². The van der Waals surface area contributed by atoms with Crippen molar-refractivity contribution in [2.75, 3.05) is 18.2 Å². The lowest BCUT2D eigenvalue weighted by Gasteiger charge is -2.11. The molecular formula is C16H19N3O2. The average Bonchev–Trinajstić information content (AvgIpc) is 2.49. The Morgan fingerprint density at radius 2 is 1.90 bits per heavy atom. The molecule has 0 aliphatic heterocycles. The zero-order chi connectivity index (χ0) is 15.2. The normalized spacial score (nSPS) is 10.0. The molecule has 0 unspecified atom stereocenters. The number of carbonyl (C=O) groups excluding carboxylic acids is 1. The number of amides is 2. The van der Waals surface area contributed by atoms with E-state index in [1.54, 1.807) is 31.4 Å². The van der Waals surface area contributed by atoms with E-state index in [4.69, 9.17) is 10.5 Å². The van der Waals surface area contributed by atoms with Gasteiger partial charge in [-0.05, 0) is 48.4 Å². The molecule has 0 aliphatic carbocycles. The summed E-state index contributed by atoms with van der Waals surface area (Å²) in [4.78, 5) is 11.9. The SMILES string of the molecule is COc1ccc(NC(=O)NCc2cccc(N)c2C)cc1. The van der Waals surface area contributed by atoms with E-state index in [0.717, 1.165) is 22.6 Å². The molecule has 0 saturated carbocycles. The van der Waals surface area contributed by atoms with Crippen LogP contribution in [0, 0.1) is 6.92 Å². The number of hydrogen-bond acceptors (Lipinski definition) is 3. The first kappa shape index (κ1) is 14.7. The highest BCUT2D eigenvalue weighted by molar-refractivity contribution is 5.89. The van der Waals surface area contributed by atoms with Crippen molar-refractivity contribution in [3.8, 4) is 5.75 Å². The average molecular weight is 285 g/mol. The number of benzene rings is 2. The van der Waals surface area contributed by atoms with Gasteiger partial charge in [-0.15, -0.1) is 0 Å². The summed E-state index contributed by atoms with van der Waals surface area (Å²) in [5.74, 6) is 0.747. The van der Waals surface area contributed by atoms with Crippen molar-refractivity contribution in [3.05, 3.63) is 53.6 Å². The first-order valence-electron chi connectivity index (χ1n) is 6.63. The van der Waals surface area contributed by atoms with Crippen LogP contribution < -0.4 is 21.1 Å². The largest absolute Gasteiger partial charge is 0.497 e. The van der Waals surface area contributed by atoms with Crippen molar-refractivity contribution < 1.29 is 9.53 Å². The Hall–Kier alpha value is -2.69. The summed E-state index contributed by atoms with van der Waals surface area (Å²) < 4.78 is 5.06. The van der Waals surface area contributed by atoms with Crippen LogP contribution >= 0.6 is 0 Å². The highest BCUT2D eigenvalue weighted by Crippen LogP contribution is 2.16. The van der Waals surface area contributed by atoms with E-state index in [9.17, 15) is 4.79 Å². The van der Waals surface area contributed by atoms with Gasteiger partial charge >= 0.3 is 6.03 Å². The molecule has 0 bridgehead atoms. The predicted molar refractivity (Wildman–Crippen MR) is 84.4 cm³/mol. The second kappa shape index (κ2) is 6.65. The van der Waals surface area contributed by atoms with E-state index in [1.807, 2.05) is 25.1 Å². The number of urea groups is 1. The van der Waals surface area contributed by atoms with Gasteiger partial charge in [-0.25, -0.2) is 4.79 Å². The second-order valence-electron chi connectivity index (χ2n) is 4.67. The van der Waals surface area contributed by atoms with Crippen LogP contribution in [0.15, 0.2) is 42.5 Å². The molecule has 2 aromatic rings. The van der Waals surface area contributed by atoms with Crippen LogP contribution in [0.5, 0.6) is 5.75 Å². The molecule has 0 heterocycles. The molecule has 21 heavy (non-hydrogen) atoms. The molecular weight excluding hydrogens is 266 g/mol. The summed E-state index contributed by atoms with van der Waals surface area (Å²) in [6, 6.07) is 12.5. The number of rotatable bonds is 4. The molecule has 0 atom stereocenters. The van der Waals surface area contributed by atoms with E-state index in [1.165, 1.54) is 0 Å². The molecule has 0 aliphatic rings. The number of ether oxygens (including phenoxy) is 1. The first-order valence-corrected chi connectivity index (χ1v) is 6.63. The number of nitrogens with two attached hydrogens (primary N) is 1. The number of hydrogen-bond donors (Lipinski definition) is 3. The van der Waals surface area contributed by atoms with Crippen molar-refractivity contribution in [1.29, 1.82) is 0 Å². The second-order valence-corrected chi connectivity index (χ2v) is 4.67. The molecule has 0 spiro atoms. The van der Waals surface area contributed by atoms with E-state index >= 15 is 0 Å². The fourth-order valence-electron chi connectivity index (χ4n) is 1.92. The molecule has 110 valence electrons. The minimum Gasteiger partial charge on any atom is -0.497 e. The summed E-state index contributed by atoms with van der Waals surface area (Å²) in [5.41, 5.74) is 9.26. The maximum absolute atomic E-state index is 11.9. The molecule has 4 N–H and O–H groups in total. The van der Waals surface area contributed by atoms with E-state index in [-0.39, 0.29) is 6.03 Å². The fourth-order valence-corrected chi connectivity index (χ4v) is 1.92. The Balaban J connectivity index is 1.91. The van der Waals surface area contributed by atoms with Gasteiger partial charge < -0.3 is 21.1 Å². The standard InChI is InChI=1S/C16H19N3O2/c1-11-12(4-3-5-15(11)17)10-18-16(20)19-13-6-8-14(21-2)9-7-13/h3-9H,10,17H2,1-2H3,(H2,18,19,20). The van der Waals surface area contributed by atoms with Gasteiger partial charge in [0, 0.05) is 17.9 Å². The maximum Gasteiger partial charge on any atom is 0.319 e. The number of carbonyl (C=O) groups is 1. The Kier molecular flexibility index (Phi) is 4.66. The minimum absolute atomic E-state index is 0.262. The Bertz CT molecular complexity index is 624. The molecule has 0 aromatic heterocycles. The van der Waals surface area contributed by atoms with E-state index in [2.05, 4.69) is 10.6 Å². The lowest BCUT2D eigenvalue weighted by atomic mass is 10.1. The molecule has 2 aromatic carbocycles. The van der Waals surface area contributed by atoms with Crippen molar-refractivity contribution in [2.24, 2.45) is 0 Å². The Labute approximate surface area is 124 Å². The Morgan fingerprint density at radius 3 is 2.57 bits per heavy atom. The van der Waals surface area contributed by atoms with Gasteiger partial charge in [0.15, 0.2) is 0 Å². The highest BCUT2D eigenvalue weighted by Gasteiger charge is 2.05. The zero-order valence-corrected chi connectivity index (χ0v) is 12.1. The molecule has 2 amide bonds. The van der Waals surface area contributed by atoms with Gasteiger partial charge in [0.1, 0.15) is 5.75 Å². The number of anilines is 2. The summed E-state index contributed by atoms with van der Waals surface area (Å²) in [7, 11) is 1.60. The number of nitrogen functional groups attached to an aromatic ring is 1. The van der Waals surface area contributed by atoms with E-state index in [0.29, 0.717) is 12.2 Å². The minimum atomic E-state index is -0.262. The van der Waals surface area contributed by atoms with Crippen molar-refractivity contribution in [3.63, 3.8) is 0 Å². The third kappa shape index (κ3) is 3.89. The van der Waals surface area contributed by atoms with Crippen LogP contribution in [0.3, 0.4) is 0 Å². The van der Waals surface area contributed by atoms with E-state index < -0.39 is 0 Å². The van der Waals surface area contributed by atoms with Gasteiger partial charge in [0.2, 0.25) is 0 Å². The van der Waals surface area contributed by atoms with Crippen LogP contribution in [0.25, 0.3) is 0 Å². The molecule has 2 rings (SSSR count). The summed E-state index contributed by atoms with van der Waals surface area (Å²) in [5, 5.41) is 5.57. The summed E-state index contributed by atoms with van der Waals surface area (Å²) >= 11 is 0. The molecule has 0 fully saturated rings. The van der Waals surface area contributed by atoms with Gasteiger partial charge in [0.05, 0.1) is 7.11 Å². The maximum atomic E-state index is 11.9. The molecule has 5 nitrogen and oxygen atoms in total. The van der Waals surface area contributed by atoms with Crippen molar-refractivity contribution in [2.45, 2.75) is 13.5 Å². The van der Waals surface area contributed by atoms with Gasteiger partial charge in [-0.2, -0.15) is 0 Å². The lowest BCUT2D eigenvalue weighted by molar-refractivity contribution is 0.251. The quantitative estimate of drug-likeness (QED) is 0.756. The van der Waals surface area contributed by atoms with Crippen molar-refractivity contribution >= 4 is 17.4 Å². The topological polar surface area (TPSA) is 76.4 Å². The monoisotopic (exact) mass is 285 g/mol. The summed E-state index contributed by atoms with van der Waals surface area (Å²) in [6.07, 6.45) is 0. The summed E-state index contributed by atoms with van der Waals surface area (Å²) in [6.45, 7) is 2.37. The molecule has 0 radical (unpaired) electrons. The van der Waals surface area contributed by atoms with Crippen LogP contribution in [0.2, 0.25) is 0 Å². The third-order valence-electron chi connectivity index (χ3n) is 3.28. The number of nitrogens with one attached hydrogen (secondary N) is 2. The molecule has 5 heteroatoms.